The first-order valence-corrected chi connectivity index (χ1v) is 11.1. The fourth-order valence-corrected chi connectivity index (χ4v) is 3.48. The minimum Gasteiger partial charge on any atom is -0.445 e. The second kappa shape index (κ2) is 11.0. The van der Waals surface area contributed by atoms with Gasteiger partial charge in [-0.15, -0.1) is 0 Å². The van der Waals surface area contributed by atoms with Gasteiger partial charge in [0.1, 0.15) is 6.61 Å². The molecule has 0 aromatic heterocycles. The van der Waals surface area contributed by atoms with Gasteiger partial charge in [-0.25, -0.2) is 4.79 Å². The van der Waals surface area contributed by atoms with Gasteiger partial charge in [0.05, 0.1) is 11.2 Å². The molecule has 0 unspecified atom stereocenters. The number of carbonyl (C=O) groups is 1. The minimum atomic E-state index is -0.369. The van der Waals surface area contributed by atoms with Crippen molar-refractivity contribution in [1.82, 2.24) is 5.32 Å². The zero-order valence-electron chi connectivity index (χ0n) is 18.8. The number of ether oxygens (including phenoxy) is 1. The molecule has 2 rings (SSSR count). The predicted molar refractivity (Wildman–Crippen MR) is 118 cm³/mol. The van der Waals surface area contributed by atoms with Gasteiger partial charge < -0.3 is 19.4 Å². The first-order valence-electron chi connectivity index (χ1n) is 11.1. The molecule has 1 atom stereocenters. The van der Waals surface area contributed by atoms with Gasteiger partial charge in [0.15, 0.2) is 0 Å². The highest BCUT2D eigenvalue weighted by Crippen LogP contribution is 2.42. The van der Waals surface area contributed by atoms with E-state index in [2.05, 4.69) is 39.9 Å². The van der Waals surface area contributed by atoms with E-state index in [4.69, 9.17) is 14.0 Å². The Morgan fingerprint density at radius 1 is 1.03 bits per heavy atom. The summed E-state index contributed by atoms with van der Waals surface area (Å²) < 4.78 is 17.8. The maximum Gasteiger partial charge on any atom is 0.461 e. The van der Waals surface area contributed by atoms with Crippen LogP contribution in [-0.4, -0.2) is 31.0 Å². The second-order valence-electron chi connectivity index (χ2n) is 9.01. The summed E-state index contributed by atoms with van der Waals surface area (Å²) in [6.07, 6.45) is 6.15. The van der Waals surface area contributed by atoms with Crippen molar-refractivity contribution < 1.29 is 18.8 Å². The third-order valence-corrected chi connectivity index (χ3v) is 6.07. The Morgan fingerprint density at radius 2 is 1.66 bits per heavy atom. The maximum absolute atomic E-state index is 11.9. The lowest BCUT2D eigenvalue weighted by molar-refractivity contribution is 0.00578. The van der Waals surface area contributed by atoms with Gasteiger partial charge in [0.2, 0.25) is 0 Å². The molecule has 1 aliphatic rings. The summed E-state index contributed by atoms with van der Waals surface area (Å²) in [5.74, 6) is 0.338. The van der Waals surface area contributed by atoms with Gasteiger partial charge in [-0.2, -0.15) is 0 Å². The number of rotatable bonds is 11. The summed E-state index contributed by atoms with van der Waals surface area (Å²) >= 11 is 0. The molecule has 5 nitrogen and oxygen atoms in total. The van der Waals surface area contributed by atoms with Gasteiger partial charge in [-0.3, -0.25) is 0 Å². The highest BCUT2D eigenvalue weighted by molar-refractivity contribution is 6.47. The Morgan fingerprint density at radius 3 is 2.28 bits per heavy atom. The van der Waals surface area contributed by atoms with Crippen LogP contribution in [0.3, 0.4) is 0 Å². The number of unbranched alkanes of at least 4 members (excludes halogenated alkanes) is 2. The van der Waals surface area contributed by atoms with Crippen molar-refractivity contribution in [2.24, 2.45) is 0 Å². The van der Waals surface area contributed by atoms with Crippen molar-refractivity contribution >= 4 is 13.2 Å². The zero-order valence-corrected chi connectivity index (χ0v) is 18.8. The van der Waals surface area contributed by atoms with Gasteiger partial charge in [0, 0.05) is 6.54 Å². The largest absolute Gasteiger partial charge is 0.461 e. The second-order valence-corrected chi connectivity index (χ2v) is 9.01. The molecule has 1 N–H and O–H groups in total. The normalized spacial score (nSPS) is 18.4. The van der Waals surface area contributed by atoms with Crippen LogP contribution in [-0.2, 0) is 20.7 Å². The van der Waals surface area contributed by atoms with Crippen LogP contribution in [0.2, 0.25) is 5.82 Å². The Labute approximate surface area is 177 Å². The standard InChI is InChI=1S/C23H38BNO4/c1-6-7-9-15-20(24-28-22(2,3)23(4,5)29-24)16-12-17-25-21(26)27-18-19-13-10-8-11-14-19/h8,10-11,13-14,20H,6-7,9,12,15-18H2,1-5H3,(H,25,26)/t20-/m0/s1. The molecule has 1 amide bonds. The zero-order chi connectivity index (χ0) is 21.3. The molecular formula is C23H38BNO4. The van der Waals surface area contributed by atoms with E-state index in [1.54, 1.807) is 0 Å². The Bertz CT molecular complexity index is 605. The molecule has 1 aromatic rings. The number of carbonyl (C=O) groups excluding carboxylic acids is 1. The van der Waals surface area contributed by atoms with E-state index in [1.807, 2.05) is 30.3 Å². The highest BCUT2D eigenvalue weighted by atomic mass is 16.7. The Balaban J connectivity index is 1.75. The molecule has 0 bridgehead atoms. The van der Waals surface area contributed by atoms with Crippen molar-refractivity contribution in [3.05, 3.63) is 35.9 Å². The van der Waals surface area contributed by atoms with E-state index < -0.39 is 0 Å². The molecule has 1 fully saturated rings. The lowest BCUT2D eigenvalue weighted by atomic mass is 9.67. The minimum absolute atomic E-state index is 0.179. The van der Waals surface area contributed by atoms with Crippen LogP contribution in [0.5, 0.6) is 0 Å². The number of hydrogen-bond acceptors (Lipinski definition) is 4. The van der Waals surface area contributed by atoms with Crippen LogP contribution < -0.4 is 5.32 Å². The van der Waals surface area contributed by atoms with Crippen molar-refractivity contribution in [1.29, 1.82) is 0 Å². The molecule has 162 valence electrons. The van der Waals surface area contributed by atoms with E-state index in [9.17, 15) is 4.79 Å². The average Bonchev–Trinajstić information content (AvgIpc) is 2.90. The van der Waals surface area contributed by atoms with Gasteiger partial charge in [-0.05, 0) is 45.5 Å². The van der Waals surface area contributed by atoms with Gasteiger partial charge >= 0.3 is 13.2 Å². The fourth-order valence-electron chi connectivity index (χ4n) is 3.48. The molecule has 1 saturated heterocycles. The van der Waals surface area contributed by atoms with Gasteiger partial charge in [0.25, 0.3) is 0 Å². The van der Waals surface area contributed by atoms with Crippen molar-refractivity contribution in [2.75, 3.05) is 6.54 Å². The SMILES string of the molecule is CCCCC[C@@H](CCCNC(=O)OCc1ccccc1)B1OC(C)(C)C(C)(C)O1. The monoisotopic (exact) mass is 403 g/mol. The van der Waals surface area contributed by atoms with E-state index in [1.165, 1.54) is 19.3 Å². The van der Waals surface area contributed by atoms with E-state index in [0.29, 0.717) is 19.0 Å². The number of benzene rings is 1. The van der Waals surface area contributed by atoms with Crippen LogP contribution in [0.15, 0.2) is 30.3 Å². The van der Waals surface area contributed by atoms with Crippen LogP contribution >= 0.6 is 0 Å². The smallest absolute Gasteiger partial charge is 0.445 e. The summed E-state index contributed by atoms with van der Waals surface area (Å²) in [6.45, 7) is 11.5. The highest BCUT2D eigenvalue weighted by Gasteiger charge is 2.53. The number of nitrogens with one attached hydrogen (secondary N) is 1. The summed E-state index contributed by atoms with van der Waals surface area (Å²) in [6, 6.07) is 9.70. The third-order valence-electron chi connectivity index (χ3n) is 6.07. The molecule has 1 aromatic carbocycles. The van der Waals surface area contributed by atoms with Crippen molar-refractivity contribution in [3.63, 3.8) is 0 Å². The topological polar surface area (TPSA) is 56.8 Å². The summed E-state index contributed by atoms with van der Waals surface area (Å²) in [4.78, 5) is 11.9. The number of alkyl carbamates (subject to hydrolysis) is 1. The van der Waals surface area contributed by atoms with Crippen LogP contribution in [0.1, 0.15) is 78.7 Å². The molecule has 0 spiro atoms. The molecule has 0 saturated carbocycles. The molecule has 6 heteroatoms. The van der Waals surface area contributed by atoms with Crippen molar-refractivity contribution in [3.8, 4) is 0 Å². The molecule has 29 heavy (non-hydrogen) atoms. The first kappa shape index (κ1) is 23.8. The third kappa shape index (κ3) is 7.34. The summed E-state index contributed by atoms with van der Waals surface area (Å²) in [7, 11) is -0.179. The van der Waals surface area contributed by atoms with E-state index in [0.717, 1.165) is 24.8 Å². The van der Waals surface area contributed by atoms with E-state index >= 15 is 0 Å². The number of hydrogen-bond donors (Lipinski definition) is 1. The van der Waals surface area contributed by atoms with Crippen molar-refractivity contribution in [2.45, 2.75) is 96.8 Å². The van der Waals surface area contributed by atoms with Crippen LogP contribution in [0.4, 0.5) is 4.79 Å². The maximum atomic E-state index is 11.9. The quantitative estimate of drug-likeness (QED) is 0.378. The molecule has 1 aliphatic heterocycles. The van der Waals surface area contributed by atoms with E-state index in [-0.39, 0.29) is 24.4 Å². The molecule has 0 radical (unpaired) electrons. The molecule has 1 heterocycles. The first-order chi connectivity index (χ1) is 13.7. The number of amides is 1. The van der Waals surface area contributed by atoms with Crippen LogP contribution in [0.25, 0.3) is 0 Å². The lowest BCUT2D eigenvalue weighted by Crippen LogP contribution is -2.41. The lowest BCUT2D eigenvalue weighted by Gasteiger charge is -2.32. The Hall–Kier alpha value is -1.53. The molecular weight excluding hydrogens is 365 g/mol. The Kier molecular flexibility index (Phi) is 9.03. The van der Waals surface area contributed by atoms with Crippen LogP contribution in [0, 0.1) is 0 Å². The molecule has 0 aliphatic carbocycles. The fraction of sp³-hybridized carbons (Fsp3) is 0.696. The average molecular weight is 403 g/mol. The predicted octanol–water partition coefficient (Wildman–Crippen LogP) is 5.74. The summed E-state index contributed by atoms with van der Waals surface area (Å²) in [5, 5.41) is 2.86. The van der Waals surface area contributed by atoms with Gasteiger partial charge in [-0.1, -0.05) is 69.4 Å². The summed E-state index contributed by atoms with van der Waals surface area (Å²) in [5.41, 5.74) is 0.375.